The fourth-order valence-corrected chi connectivity index (χ4v) is 2.78. The third-order valence-corrected chi connectivity index (χ3v) is 4.13. The van der Waals surface area contributed by atoms with Crippen LogP contribution in [0.25, 0.3) is 0 Å². The van der Waals surface area contributed by atoms with Gasteiger partial charge in [0.05, 0.1) is 12.1 Å². The highest BCUT2D eigenvalue weighted by molar-refractivity contribution is 6.05. The lowest BCUT2D eigenvalue weighted by Crippen LogP contribution is -2.32. The molecular weight excluding hydrogens is 331 g/mol. The van der Waals surface area contributed by atoms with Gasteiger partial charge in [-0.05, 0) is 42.8 Å². The number of hydrogen-bond acceptors (Lipinski definition) is 2. The third-order valence-electron chi connectivity index (χ3n) is 4.13. The number of carbonyl (C=O) groups is 1. The molecule has 0 fully saturated rings. The summed E-state index contributed by atoms with van der Waals surface area (Å²) in [5.41, 5.74) is 1.80. The number of carbonyl (C=O) groups excluding carboxylic acids is 1. The number of nitrogens with zero attached hydrogens (tertiary/aromatic N) is 2. The number of para-hydroxylation sites is 1. The minimum atomic E-state index is -0.327. The maximum atomic E-state index is 13.0. The molecular formula is C21H19FN2O2. The molecule has 132 valence electrons. The van der Waals surface area contributed by atoms with Crippen LogP contribution in [-0.2, 0) is 6.54 Å². The van der Waals surface area contributed by atoms with Gasteiger partial charge in [0.25, 0.3) is 11.5 Å². The average molecular weight is 350 g/mol. The third kappa shape index (κ3) is 3.88. The zero-order chi connectivity index (χ0) is 18.5. The Bertz CT molecular complexity index is 950. The standard InChI is InChI=1S/C21H19FN2O2/c1-2-24(19-6-4-3-5-7-19)21(26)17-10-13-20(25)23(15-17)14-16-8-11-18(22)12-9-16/h3-13,15H,2,14H2,1H3. The van der Waals surface area contributed by atoms with Crippen molar-refractivity contribution in [2.24, 2.45) is 0 Å². The molecule has 3 aromatic rings. The second-order valence-electron chi connectivity index (χ2n) is 5.90. The summed E-state index contributed by atoms with van der Waals surface area (Å²) in [5.74, 6) is -0.502. The summed E-state index contributed by atoms with van der Waals surface area (Å²) < 4.78 is 14.5. The van der Waals surface area contributed by atoms with Gasteiger partial charge in [-0.1, -0.05) is 30.3 Å². The summed E-state index contributed by atoms with van der Waals surface area (Å²) in [4.78, 5) is 26.7. The van der Waals surface area contributed by atoms with Crippen molar-refractivity contribution < 1.29 is 9.18 Å². The Morgan fingerprint density at radius 1 is 1.00 bits per heavy atom. The van der Waals surface area contributed by atoms with E-state index < -0.39 is 0 Å². The van der Waals surface area contributed by atoms with Crippen LogP contribution in [0.1, 0.15) is 22.8 Å². The lowest BCUT2D eigenvalue weighted by molar-refractivity contribution is 0.0987. The second kappa shape index (κ2) is 7.78. The second-order valence-corrected chi connectivity index (χ2v) is 5.90. The quantitative estimate of drug-likeness (QED) is 0.704. The fourth-order valence-electron chi connectivity index (χ4n) is 2.78. The number of aromatic nitrogens is 1. The van der Waals surface area contributed by atoms with E-state index in [1.54, 1.807) is 23.2 Å². The Kier molecular flexibility index (Phi) is 5.27. The molecule has 0 atom stereocenters. The molecule has 0 spiro atoms. The average Bonchev–Trinajstić information content (AvgIpc) is 2.66. The molecule has 0 aliphatic carbocycles. The Morgan fingerprint density at radius 2 is 1.69 bits per heavy atom. The summed E-state index contributed by atoms with van der Waals surface area (Å²) in [6.45, 7) is 2.69. The van der Waals surface area contributed by atoms with Crippen LogP contribution < -0.4 is 10.5 Å². The molecule has 2 aromatic carbocycles. The predicted octanol–water partition coefficient (Wildman–Crippen LogP) is 3.70. The predicted molar refractivity (Wildman–Crippen MR) is 100.0 cm³/mol. The molecule has 0 unspecified atom stereocenters. The SMILES string of the molecule is CCN(C(=O)c1ccc(=O)n(Cc2ccc(F)cc2)c1)c1ccccc1. The minimum Gasteiger partial charge on any atom is -0.310 e. The molecule has 0 aliphatic heterocycles. The number of hydrogen-bond donors (Lipinski definition) is 0. The van der Waals surface area contributed by atoms with E-state index in [4.69, 9.17) is 0 Å². The van der Waals surface area contributed by atoms with Gasteiger partial charge in [-0.25, -0.2) is 4.39 Å². The molecule has 0 bridgehead atoms. The Balaban J connectivity index is 1.89. The van der Waals surface area contributed by atoms with Crippen molar-refractivity contribution in [3.05, 3.63) is 100 Å². The number of amides is 1. The van der Waals surface area contributed by atoms with Crippen LogP contribution in [0, 0.1) is 5.82 Å². The van der Waals surface area contributed by atoms with Gasteiger partial charge in [-0.3, -0.25) is 9.59 Å². The molecule has 5 heteroatoms. The van der Waals surface area contributed by atoms with E-state index in [0.717, 1.165) is 11.3 Å². The molecule has 0 N–H and O–H groups in total. The molecule has 1 amide bonds. The van der Waals surface area contributed by atoms with Crippen LogP contribution in [0.4, 0.5) is 10.1 Å². The zero-order valence-electron chi connectivity index (χ0n) is 14.4. The smallest absolute Gasteiger partial charge is 0.259 e. The maximum Gasteiger partial charge on any atom is 0.259 e. The Labute approximate surface area is 151 Å². The van der Waals surface area contributed by atoms with Crippen LogP contribution in [0.15, 0.2) is 77.7 Å². The lowest BCUT2D eigenvalue weighted by Gasteiger charge is -2.21. The van der Waals surface area contributed by atoms with Gasteiger partial charge in [-0.2, -0.15) is 0 Å². The summed E-state index contributed by atoms with van der Waals surface area (Å²) in [6, 6.07) is 18.3. The van der Waals surface area contributed by atoms with Crippen molar-refractivity contribution in [3.8, 4) is 0 Å². The van der Waals surface area contributed by atoms with E-state index in [9.17, 15) is 14.0 Å². The van der Waals surface area contributed by atoms with Crippen molar-refractivity contribution in [2.75, 3.05) is 11.4 Å². The first kappa shape index (κ1) is 17.6. The van der Waals surface area contributed by atoms with Crippen LogP contribution >= 0.6 is 0 Å². The molecule has 0 radical (unpaired) electrons. The van der Waals surface area contributed by atoms with Crippen molar-refractivity contribution in [1.82, 2.24) is 4.57 Å². The van der Waals surface area contributed by atoms with E-state index in [0.29, 0.717) is 12.1 Å². The van der Waals surface area contributed by atoms with E-state index in [2.05, 4.69) is 0 Å². The first-order valence-corrected chi connectivity index (χ1v) is 8.40. The highest BCUT2D eigenvalue weighted by Gasteiger charge is 2.16. The molecule has 1 aromatic heterocycles. The van der Waals surface area contributed by atoms with Gasteiger partial charge in [-0.15, -0.1) is 0 Å². The number of pyridine rings is 1. The zero-order valence-corrected chi connectivity index (χ0v) is 14.4. The Morgan fingerprint density at radius 3 is 2.35 bits per heavy atom. The fraction of sp³-hybridized carbons (Fsp3) is 0.143. The highest BCUT2D eigenvalue weighted by Crippen LogP contribution is 2.16. The summed E-state index contributed by atoms with van der Waals surface area (Å²) in [5, 5.41) is 0. The normalized spacial score (nSPS) is 10.5. The van der Waals surface area contributed by atoms with E-state index in [1.807, 2.05) is 37.3 Å². The number of anilines is 1. The lowest BCUT2D eigenvalue weighted by atomic mass is 10.2. The minimum absolute atomic E-state index is 0.174. The monoisotopic (exact) mass is 350 g/mol. The van der Waals surface area contributed by atoms with Crippen LogP contribution in [0.2, 0.25) is 0 Å². The van der Waals surface area contributed by atoms with Crippen molar-refractivity contribution in [3.63, 3.8) is 0 Å². The Hall–Kier alpha value is -3.21. The maximum absolute atomic E-state index is 13.0. The number of halogens is 1. The van der Waals surface area contributed by atoms with Crippen molar-refractivity contribution >= 4 is 11.6 Å². The van der Waals surface area contributed by atoms with Gasteiger partial charge in [0.1, 0.15) is 5.82 Å². The molecule has 4 nitrogen and oxygen atoms in total. The van der Waals surface area contributed by atoms with E-state index in [-0.39, 0.29) is 23.8 Å². The molecule has 3 rings (SSSR count). The van der Waals surface area contributed by atoms with Crippen LogP contribution in [0.5, 0.6) is 0 Å². The topological polar surface area (TPSA) is 42.3 Å². The molecule has 26 heavy (non-hydrogen) atoms. The molecule has 1 heterocycles. The van der Waals surface area contributed by atoms with Gasteiger partial charge >= 0.3 is 0 Å². The van der Waals surface area contributed by atoms with Crippen LogP contribution in [0.3, 0.4) is 0 Å². The molecule has 0 aliphatic rings. The van der Waals surface area contributed by atoms with Crippen LogP contribution in [-0.4, -0.2) is 17.0 Å². The highest BCUT2D eigenvalue weighted by atomic mass is 19.1. The number of benzene rings is 2. The summed E-state index contributed by atoms with van der Waals surface area (Å²) in [7, 11) is 0. The summed E-state index contributed by atoms with van der Waals surface area (Å²) in [6.07, 6.45) is 1.56. The van der Waals surface area contributed by atoms with Gasteiger partial charge in [0, 0.05) is 24.5 Å². The van der Waals surface area contributed by atoms with Crippen molar-refractivity contribution in [2.45, 2.75) is 13.5 Å². The first-order chi connectivity index (χ1) is 12.6. The largest absolute Gasteiger partial charge is 0.310 e. The van der Waals surface area contributed by atoms with Gasteiger partial charge in [0.15, 0.2) is 0 Å². The van der Waals surface area contributed by atoms with E-state index in [1.165, 1.54) is 28.8 Å². The van der Waals surface area contributed by atoms with Gasteiger partial charge < -0.3 is 9.47 Å². The molecule has 0 saturated heterocycles. The number of rotatable bonds is 5. The van der Waals surface area contributed by atoms with E-state index >= 15 is 0 Å². The first-order valence-electron chi connectivity index (χ1n) is 8.40. The summed E-state index contributed by atoms with van der Waals surface area (Å²) >= 11 is 0. The van der Waals surface area contributed by atoms with Crippen molar-refractivity contribution in [1.29, 1.82) is 0 Å². The van der Waals surface area contributed by atoms with Gasteiger partial charge in [0.2, 0.25) is 0 Å². The molecule has 0 saturated carbocycles.